The van der Waals surface area contributed by atoms with Crippen molar-refractivity contribution in [2.45, 2.75) is 26.4 Å². The van der Waals surface area contributed by atoms with Gasteiger partial charge in [0.2, 0.25) is 0 Å². The monoisotopic (exact) mass is 346 g/mol. The van der Waals surface area contributed by atoms with Crippen molar-refractivity contribution in [2.75, 3.05) is 31.1 Å². The van der Waals surface area contributed by atoms with Crippen molar-refractivity contribution in [1.29, 1.82) is 0 Å². The van der Waals surface area contributed by atoms with E-state index >= 15 is 0 Å². The van der Waals surface area contributed by atoms with Crippen molar-refractivity contribution in [3.8, 4) is 11.3 Å². The molecule has 1 aliphatic rings. The topological polar surface area (TPSA) is 58.6 Å². The third kappa shape index (κ3) is 4.03. The minimum atomic E-state index is -0.456. The van der Waals surface area contributed by atoms with Crippen LogP contribution in [0.25, 0.3) is 11.3 Å². The highest BCUT2D eigenvalue weighted by atomic mass is 32.1. The third-order valence-electron chi connectivity index (χ3n) is 3.65. The summed E-state index contributed by atoms with van der Waals surface area (Å²) in [5.41, 5.74) is 1.51. The lowest BCUT2D eigenvalue weighted by Crippen LogP contribution is -2.50. The number of ether oxygens (including phenoxy) is 1. The molecule has 0 spiro atoms. The lowest BCUT2D eigenvalue weighted by Gasteiger charge is -2.35. The Hall–Kier alpha value is -2.15. The van der Waals surface area contributed by atoms with Gasteiger partial charge < -0.3 is 14.5 Å². The molecule has 0 aromatic carbocycles. The van der Waals surface area contributed by atoms with E-state index in [0.29, 0.717) is 13.1 Å². The molecule has 7 heteroatoms. The highest BCUT2D eigenvalue weighted by molar-refractivity contribution is 7.14. The van der Waals surface area contributed by atoms with E-state index in [1.54, 1.807) is 22.4 Å². The van der Waals surface area contributed by atoms with Crippen molar-refractivity contribution in [3.05, 3.63) is 29.9 Å². The van der Waals surface area contributed by atoms with Crippen molar-refractivity contribution < 1.29 is 9.53 Å². The second-order valence-electron chi connectivity index (χ2n) is 6.71. The lowest BCUT2D eigenvalue weighted by molar-refractivity contribution is 0.0240. The number of carbonyl (C=O) groups is 1. The summed E-state index contributed by atoms with van der Waals surface area (Å²) >= 11 is 1.62. The van der Waals surface area contributed by atoms with Gasteiger partial charge in [-0.05, 0) is 32.9 Å². The molecule has 1 amide bonds. The summed E-state index contributed by atoms with van der Waals surface area (Å²) in [6.07, 6.45) is 3.34. The van der Waals surface area contributed by atoms with Crippen molar-refractivity contribution in [3.63, 3.8) is 0 Å². The second-order valence-corrected chi connectivity index (χ2v) is 7.55. The van der Waals surface area contributed by atoms with Crippen LogP contribution in [-0.4, -0.2) is 52.7 Å². The Labute approximate surface area is 146 Å². The number of piperazine rings is 1. The SMILES string of the molecule is CC(C)(C)OC(=O)N1CCN(c2nc(-c3cccnc3)cs2)CC1. The minimum absolute atomic E-state index is 0.239. The zero-order valence-corrected chi connectivity index (χ0v) is 15.0. The van der Waals surface area contributed by atoms with Crippen LogP contribution in [0.2, 0.25) is 0 Å². The van der Waals surface area contributed by atoms with E-state index in [4.69, 9.17) is 9.72 Å². The molecule has 0 saturated carbocycles. The highest BCUT2D eigenvalue weighted by Gasteiger charge is 2.26. The van der Waals surface area contributed by atoms with Gasteiger partial charge in [-0.3, -0.25) is 4.98 Å². The first-order valence-electron chi connectivity index (χ1n) is 8.01. The number of anilines is 1. The van der Waals surface area contributed by atoms with Crippen LogP contribution in [0.3, 0.4) is 0 Å². The van der Waals surface area contributed by atoms with Crippen LogP contribution in [-0.2, 0) is 4.74 Å². The molecule has 3 rings (SSSR count). The summed E-state index contributed by atoms with van der Waals surface area (Å²) in [7, 11) is 0. The summed E-state index contributed by atoms with van der Waals surface area (Å²) < 4.78 is 5.43. The van der Waals surface area contributed by atoms with Gasteiger partial charge in [-0.25, -0.2) is 9.78 Å². The summed E-state index contributed by atoms with van der Waals surface area (Å²) in [6.45, 7) is 8.48. The highest BCUT2D eigenvalue weighted by Crippen LogP contribution is 2.27. The number of pyridine rings is 1. The summed E-state index contributed by atoms with van der Waals surface area (Å²) in [5.74, 6) is 0. The predicted molar refractivity (Wildman–Crippen MR) is 95.4 cm³/mol. The average Bonchev–Trinajstić information content (AvgIpc) is 3.04. The van der Waals surface area contributed by atoms with E-state index in [9.17, 15) is 4.79 Å². The molecule has 2 aromatic heterocycles. The molecule has 0 bridgehead atoms. The van der Waals surface area contributed by atoms with Gasteiger partial charge in [0.15, 0.2) is 5.13 Å². The molecule has 1 saturated heterocycles. The molecule has 3 heterocycles. The Balaban J connectivity index is 1.59. The number of hydrogen-bond donors (Lipinski definition) is 0. The molecule has 0 N–H and O–H groups in total. The number of hydrogen-bond acceptors (Lipinski definition) is 6. The lowest BCUT2D eigenvalue weighted by atomic mass is 10.2. The maximum absolute atomic E-state index is 12.1. The smallest absolute Gasteiger partial charge is 0.410 e. The van der Waals surface area contributed by atoms with Gasteiger partial charge in [-0.2, -0.15) is 0 Å². The molecule has 1 fully saturated rings. The first-order valence-corrected chi connectivity index (χ1v) is 8.89. The summed E-state index contributed by atoms with van der Waals surface area (Å²) in [5, 5.41) is 3.03. The Kier molecular flexibility index (Phi) is 4.71. The number of carbonyl (C=O) groups excluding carboxylic acids is 1. The molecule has 0 atom stereocenters. The molecule has 1 aliphatic heterocycles. The third-order valence-corrected chi connectivity index (χ3v) is 4.55. The molecule has 24 heavy (non-hydrogen) atoms. The van der Waals surface area contributed by atoms with Crippen LogP contribution in [0.15, 0.2) is 29.9 Å². The summed E-state index contributed by atoms with van der Waals surface area (Å²) in [4.78, 5) is 24.9. The van der Waals surface area contributed by atoms with Gasteiger partial charge in [0.05, 0.1) is 5.69 Å². The van der Waals surface area contributed by atoms with Crippen LogP contribution >= 0.6 is 11.3 Å². The first-order chi connectivity index (χ1) is 11.4. The van der Waals surface area contributed by atoms with Crippen molar-refractivity contribution in [2.24, 2.45) is 0 Å². The molecule has 0 aliphatic carbocycles. The van der Waals surface area contributed by atoms with Crippen LogP contribution in [0.1, 0.15) is 20.8 Å². The maximum atomic E-state index is 12.1. The Morgan fingerprint density at radius 1 is 1.25 bits per heavy atom. The quantitative estimate of drug-likeness (QED) is 0.835. The first kappa shape index (κ1) is 16.7. The molecule has 6 nitrogen and oxygen atoms in total. The van der Waals surface area contributed by atoms with E-state index in [2.05, 4.69) is 9.88 Å². The van der Waals surface area contributed by atoms with Gasteiger partial charge in [-0.1, -0.05) is 0 Å². The summed E-state index contributed by atoms with van der Waals surface area (Å²) in [6, 6.07) is 3.92. The zero-order valence-electron chi connectivity index (χ0n) is 14.2. The Bertz CT molecular complexity index is 688. The molecule has 2 aromatic rings. The average molecular weight is 346 g/mol. The van der Waals surface area contributed by atoms with Crippen molar-refractivity contribution >= 4 is 22.6 Å². The Morgan fingerprint density at radius 2 is 2.00 bits per heavy atom. The van der Waals surface area contributed by atoms with Crippen LogP contribution in [0.5, 0.6) is 0 Å². The second kappa shape index (κ2) is 6.76. The van der Waals surface area contributed by atoms with Crippen LogP contribution in [0.4, 0.5) is 9.93 Å². The standard InChI is InChI=1S/C17H22N4O2S/c1-17(2,3)23-16(22)21-9-7-20(8-10-21)15-19-14(12-24-15)13-5-4-6-18-11-13/h4-6,11-12H,7-10H2,1-3H3. The normalized spacial score (nSPS) is 15.5. The van der Waals surface area contributed by atoms with Gasteiger partial charge >= 0.3 is 6.09 Å². The fraction of sp³-hybridized carbons (Fsp3) is 0.471. The molecule has 0 radical (unpaired) electrons. The fourth-order valence-corrected chi connectivity index (χ4v) is 3.35. The van der Waals surface area contributed by atoms with E-state index in [0.717, 1.165) is 29.5 Å². The number of nitrogens with zero attached hydrogens (tertiary/aromatic N) is 4. The molecule has 0 unspecified atom stereocenters. The number of rotatable bonds is 2. The molecular formula is C17H22N4O2S. The minimum Gasteiger partial charge on any atom is -0.444 e. The largest absolute Gasteiger partial charge is 0.444 e. The van der Waals surface area contributed by atoms with Gasteiger partial charge in [0.25, 0.3) is 0 Å². The number of amides is 1. The van der Waals surface area contributed by atoms with Gasteiger partial charge in [0.1, 0.15) is 5.60 Å². The van der Waals surface area contributed by atoms with Crippen LogP contribution < -0.4 is 4.90 Å². The number of aromatic nitrogens is 2. The van der Waals surface area contributed by atoms with E-state index in [1.807, 2.05) is 44.5 Å². The molecule has 128 valence electrons. The number of thiazole rings is 1. The fourth-order valence-electron chi connectivity index (χ4n) is 2.46. The van der Waals surface area contributed by atoms with Gasteiger partial charge in [0, 0.05) is 49.5 Å². The maximum Gasteiger partial charge on any atom is 0.410 e. The predicted octanol–water partition coefficient (Wildman–Crippen LogP) is 3.26. The molecular weight excluding hydrogens is 324 g/mol. The van der Waals surface area contributed by atoms with E-state index in [-0.39, 0.29) is 6.09 Å². The van der Waals surface area contributed by atoms with Gasteiger partial charge in [-0.15, -0.1) is 11.3 Å². The van der Waals surface area contributed by atoms with Crippen molar-refractivity contribution in [1.82, 2.24) is 14.9 Å². The van der Waals surface area contributed by atoms with E-state index < -0.39 is 5.60 Å². The van der Waals surface area contributed by atoms with Crippen LogP contribution in [0, 0.1) is 0 Å². The van der Waals surface area contributed by atoms with E-state index in [1.165, 1.54) is 0 Å². The zero-order chi connectivity index (χ0) is 17.2. The Morgan fingerprint density at radius 3 is 2.62 bits per heavy atom.